The first-order chi connectivity index (χ1) is 37.0. The van der Waals surface area contributed by atoms with Crippen LogP contribution in [0.5, 0.6) is 0 Å². The molecule has 0 aromatic heterocycles. The number of esters is 1. The Bertz CT molecular complexity index is 1260. The van der Waals surface area contributed by atoms with Crippen molar-refractivity contribution in [3.05, 3.63) is 48.6 Å². The standard InChI is InChI=1S/C69H129NO5/c1-3-5-7-9-11-13-15-17-19-21-29-33-37-41-45-49-53-57-61-67(72)66(65-71)70-68(73)62-58-54-50-46-42-38-34-30-27-25-23-24-26-28-32-36-40-44-48-52-56-60-64-75-69(74)63-59-55-51-47-43-39-35-31-22-20-18-16-14-12-10-8-6-4-2/h14,16,20,22,25,27,57,61,66-67,71-72H,3-13,15,17-19,21,23-24,26,28-56,58-60,62-65H2,1-2H3,(H,70,73)/b16-14-,22-20-,27-25-,61-57+. The third-order valence-corrected chi connectivity index (χ3v) is 15.3. The van der Waals surface area contributed by atoms with E-state index in [1.807, 2.05) is 6.08 Å². The third-order valence-electron chi connectivity index (χ3n) is 15.3. The molecule has 0 aromatic carbocycles. The molecule has 75 heavy (non-hydrogen) atoms. The Morgan fingerprint density at radius 1 is 0.373 bits per heavy atom. The minimum atomic E-state index is -0.850. The van der Waals surface area contributed by atoms with Crippen LogP contribution >= 0.6 is 0 Å². The SMILES string of the molecule is CCCCCC/C=C\C/C=C\CCCCCCCCCC(=O)OCCCCCCCCCCCCC/C=C\CCCCCCCCCC(=O)NC(CO)C(O)/C=C/CCCCCCCCCCCCCCCCCC. The second-order valence-corrected chi connectivity index (χ2v) is 22.8. The smallest absolute Gasteiger partial charge is 0.305 e. The van der Waals surface area contributed by atoms with E-state index in [2.05, 4.69) is 55.6 Å². The number of carbonyl (C=O) groups excluding carboxylic acids is 2. The number of rotatable bonds is 62. The number of allylic oxidation sites excluding steroid dienone is 7. The number of hydrogen-bond acceptors (Lipinski definition) is 5. The fourth-order valence-corrected chi connectivity index (χ4v) is 10.2. The number of nitrogens with one attached hydrogen (secondary N) is 1. The van der Waals surface area contributed by atoms with Crippen molar-refractivity contribution in [1.82, 2.24) is 5.32 Å². The second-order valence-electron chi connectivity index (χ2n) is 22.8. The molecular weight excluding hydrogens is 923 g/mol. The van der Waals surface area contributed by atoms with Crippen LogP contribution in [0.25, 0.3) is 0 Å². The Morgan fingerprint density at radius 2 is 0.667 bits per heavy atom. The van der Waals surface area contributed by atoms with Crippen LogP contribution in [0.4, 0.5) is 0 Å². The van der Waals surface area contributed by atoms with Gasteiger partial charge in [0.2, 0.25) is 5.91 Å². The van der Waals surface area contributed by atoms with Crippen LogP contribution in [0.3, 0.4) is 0 Å². The lowest BCUT2D eigenvalue weighted by Crippen LogP contribution is -2.45. The van der Waals surface area contributed by atoms with Crippen LogP contribution < -0.4 is 5.32 Å². The summed E-state index contributed by atoms with van der Waals surface area (Å²) in [6.07, 6.45) is 83.0. The van der Waals surface area contributed by atoms with Crippen LogP contribution in [0.15, 0.2) is 48.6 Å². The number of aliphatic hydroxyl groups is 2. The van der Waals surface area contributed by atoms with Crippen LogP contribution in [-0.4, -0.2) is 47.4 Å². The summed E-state index contributed by atoms with van der Waals surface area (Å²) < 4.78 is 5.49. The van der Waals surface area contributed by atoms with Gasteiger partial charge in [-0.2, -0.15) is 0 Å². The van der Waals surface area contributed by atoms with Gasteiger partial charge in [-0.25, -0.2) is 0 Å². The number of aliphatic hydroxyl groups excluding tert-OH is 2. The van der Waals surface area contributed by atoms with Crippen LogP contribution in [-0.2, 0) is 14.3 Å². The number of carbonyl (C=O) groups is 2. The van der Waals surface area contributed by atoms with Gasteiger partial charge in [-0.15, -0.1) is 0 Å². The molecule has 0 fully saturated rings. The highest BCUT2D eigenvalue weighted by molar-refractivity contribution is 5.76. The van der Waals surface area contributed by atoms with Crippen molar-refractivity contribution in [3.8, 4) is 0 Å². The summed E-state index contributed by atoms with van der Waals surface area (Å²) in [7, 11) is 0. The van der Waals surface area contributed by atoms with E-state index in [-0.39, 0.29) is 18.5 Å². The maximum atomic E-state index is 12.5. The molecule has 0 heterocycles. The zero-order valence-electron chi connectivity index (χ0n) is 50.3. The molecule has 1 amide bonds. The maximum Gasteiger partial charge on any atom is 0.305 e. The predicted octanol–water partition coefficient (Wildman–Crippen LogP) is 21.3. The molecule has 440 valence electrons. The molecule has 0 aliphatic heterocycles. The fourth-order valence-electron chi connectivity index (χ4n) is 10.2. The van der Waals surface area contributed by atoms with E-state index < -0.39 is 12.1 Å². The molecule has 2 atom stereocenters. The normalized spacial score (nSPS) is 12.9. The highest BCUT2D eigenvalue weighted by Crippen LogP contribution is 2.17. The van der Waals surface area contributed by atoms with Crippen molar-refractivity contribution >= 4 is 11.9 Å². The van der Waals surface area contributed by atoms with Gasteiger partial charge in [-0.1, -0.05) is 300 Å². The molecule has 2 unspecified atom stereocenters. The Balaban J connectivity index is 3.44. The lowest BCUT2D eigenvalue weighted by atomic mass is 10.0. The molecule has 0 aliphatic rings. The molecule has 0 bridgehead atoms. The summed E-state index contributed by atoms with van der Waals surface area (Å²) in [6.45, 7) is 4.90. The van der Waals surface area contributed by atoms with E-state index in [1.165, 1.54) is 270 Å². The molecule has 3 N–H and O–H groups in total. The Labute approximate surface area is 467 Å². The van der Waals surface area contributed by atoms with Crippen molar-refractivity contribution in [1.29, 1.82) is 0 Å². The van der Waals surface area contributed by atoms with E-state index in [9.17, 15) is 19.8 Å². The van der Waals surface area contributed by atoms with E-state index >= 15 is 0 Å². The predicted molar refractivity (Wildman–Crippen MR) is 329 cm³/mol. The van der Waals surface area contributed by atoms with Gasteiger partial charge in [0, 0.05) is 12.8 Å². The van der Waals surface area contributed by atoms with Crippen molar-refractivity contribution < 1.29 is 24.5 Å². The van der Waals surface area contributed by atoms with Gasteiger partial charge in [0.05, 0.1) is 25.4 Å². The summed E-state index contributed by atoms with van der Waals surface area (Å²) in [4.78, 5) is 24.6. The van der Waals surface area contributed by atoms with Crippen molar-refractivity contribution in [2.24, 2.45) is 0 Å². The fraction of sp³-hybridized carbons (Fsp3) is 0.855. The zero-order valence-corrected chi connectivity index (χ0v) is 50.3. The zero-order chi connectivity index (χ0) is 54.3. The minimum Gasteiger partial charge on any atom is -0.466 e. The molecule has 0 aromatic rings. The van der Waals surface area contributed by atoms with Crippen LogP contribution in [0.1, 0.15) is 354 Å². The van der Waals surface area contributed by atoms with Gasteiger partial charge in [0.15, 0.2) is 0 Å². The first-order valence-electron chi connectivity index (χ1n) is 33.4. The van der Waals surface area contributed by atoms with Crippen molar-refractivity contribution in [2.45, 2.75) is 366 Å². The average molecular weight is 1050 g/mol. The largest absolute Gasteiger partial charge is 0.466 e. The highest BCUT2D eigenvalue weighted by Gasteiger charge is 2.18. The summed E-state index contributed by atoms with van der Waals surface area (Å²) >= 11 is 0. The molecule has 6 nitrogen and oxygen atoms in total. The van der Waals surface area contributed by atoms with E-state index in [0.717, 1.165) is 57.8 Å². The molecule has 0 spiro atoms. The Kier molecular flexibility index (Phi) is 62.5. The first kappa shape index (κ1) is 72.8. The molecule has 0 rings (SSSR count). The first-order valence-corrected chi connectivity index (χ1v) is 33.4. The lowest BCUT2D eigenvalue weighted by Gasteiger charge is -2.20. The number of amides is 1. The summed E-state index contributed by atoms with van der Waals surface area (Å²) in [5, 5.41) is 23.2. The molecule has 0 radical (unpaired) electrons. The summed E-state index contributed by atoms with van der Waals surface area (Å²) in [6, 6.07) is -0.634. The molecule has 0 aliphatic carbocycles. The van der Waals surface area contributed by atoms with E-state index in [0.29, 0.717) is 19.4 Å². The van der Waals surface area contributed by atoms with Crippen molar-refractivity contribution in [3.63, 3.8) is 0 Å². The molecular formula is C69H129NO5. The number of ether oxygens (including phenoxy) is 1. The Hall–Kier alpha value is -2.18. The van der Waals surface area contributed by atoms with Gasteiger partial charge < -0.3 is 20.3 Å². The van der Waals surface area contributed by atoms with Crippen molar-refractivity contribution in [2.75, 3.05) is 13.2 Å². The quantitative estimate of drug-likeness (QED) is 0.0320. The third kappa shape index (κ3) is 60.9. The topological polar surface area (TPSA) is 95.9 Å². The van der Waals surface area contributed by atoms with E-state index in [1.54, 1.807) is 6.08 Å². The van der Waals surface area contributed by atoms with Gasteiger partial charge in [0.1, 0.15) is 0 Å². The molecule has 0 saturated carbocycles. The number of hydrogen-bond donors (Lipinski definition) is 3. The average Bonchev–Trinajstić information content (AvgIpc) is 3.41. The molecule has 0 saturated heterocycles. The second kappa shape index (κ2) is 64.3. The number of unbranched alkanes of at least 4 members (excludes halogenated alkanes) is 45. The Morgan fingerprint density at radius 3 is 1.04 bits per heavy atom. The van der Waals surface area contributed by atoms with Gasteiger partial charge >= 0.3 is 5.97 Å². The van der Waals surface area contributed by atoms with Gasteiger partial charge in [-0.3, -0.25) is 9.59 Å². The lowest BCUT2D eigenvalue weighted by molar-refractivity contribution is -0.143. The molecule has 6 heteroatoms. The highest BCUT2D eigenvalue weighted by atomic mass is 16.5. The summed E-state index contributed by atoms with van der Waals surface area (Å²) in [5.74, 6) is -0.0711. The van der Waals surface area contributed by atoms with E-state index in [4.69, 9.17) is 4.74 Å². The van der Waals surface area contributed by atoms with Crippen LogP contribution in [0.2, 0.25) is 0 Å². The van der Waals surface area contributed by atoms with Gasteiger partial charge in [0.25, 0.3) is 0 Å². The van der Waals surface area contributed by atoms with Crippen LogP contribution in [0, 0.1) is 0 Å². The van der Waals surface area contributed by atoms with Gasteiger partial charge in [-0.05, 0) is 89.9 Å². The maximum absolute atomic E-state index is 12.5. The monoisotopic (exact) mass is 1050 g/mol. The minimum absolute atomic E-state index is 0.00210. The summed E-state index contributed by atoms with van der Waals surface area (Å²) in [5.41, 5.74) is 0.